The van der Waals surface area contributed by atoms with Gasteiger partial charge in [0, 0.05) is 13.8 Å². The average Bonchev–Trinajstić information content (AvgIpc) is 2.52. The van der Waals surface area contributed by atoms with Crippen molar-refractivity contribution < 1.29 is 38.6 Å². The minimum atomic E-state index is -1.85. The van der Waals surface area contributed by atoms with E-state index in [4.69, 9.17) is 0 Å². The number of rotatable bonds is 3. The Morgan fingerprint density at radius 1 is 1.12 bits per heavy atom. The van der Waals surface area contributed by atoms with E-state index in [1.165, 1.54) is 0 Å². The van der Waals surface area contributed by atoms with Crippen molar-refractivity contribution in [3.63, 3.8) is 0 Å². The first kappa shape index (κ1) is 18.9. The normalized spacial score (nSPS) is 17.1. The fourth-order valence-electron chi connectivity index (χ4n) is 2.07. The predicted molar refractivity (Wildman–Crippen MR) is 73.3 cm³/mol. The SMILES string of the molecule is COC(=O)C(=C=C([O-])OC)C1C(=O)N(C(C)=O)CC(=O)N1C(C)=O. The number of methoxy groups -OCH3 is 2. The lowest BCUT2D eigenvalue weighted by Crippen LogP contribution is -2.63. The summed E-state index contributed by atoms with van der Waals surface area (Å²) in [5, 5.41) is 11.4. The first-order valence-electron chi connectivity index (χ1n) is 6.60. The van der Waals surface area contributed by atoms with E-state index in [2.05, 4.69) is 9.47 Å². The van der Waals surface area contributed by atoms with E-state index >= 15 is 0 Å². The predicted octanol–water partition coefficient (Wildman–Crippen LogP) is -2.33. The van der Waals surface area contributed by atoms with Gasteiger partial charge in [0.2, 0.25) is 17.7 Å². The van der Waals surface area contributed by atoms with Crippen molar-refractivity contribution in [2.45, 2.75) is 19.9 Å². The first-order valence-corrected chi connectivity index (χ1v) is 6.60. The fourth-order valence-corrected chi connectivity index (χ4v) is 2.07. The van der Waals surface area contributed by atoms with Crippen LogP contribution < -0.4 is 5.11 Å². The van der Waals surface area contributed by atoms with Gasteiger partial charge in [-0.05, 0) is 7.11 Å². The second kappa shape index (κ2) is 7.42. The molecule has 0 aliphatic carbocycles. The van der Waals surface area contributed by atoms with Gasteiger partial charge in [0.15, 0.2) is 6.04 Å². The molecule has 1 saturated heterocycles. The van der Waals surface area contributed by atoms with Crippen molar-refractivity contribution in [3.05, 3.63) is 17.2 Å². The Hall–Kier alpha value is -3.13. The van der Waals surface area contributed by atoms with Crippen LogP contribution in [0.15, 0.2) is 17.2 Å². The number of nitrogens with zero attached hydrogens (tertiary/aromatic N) is 2. The van der Waals surface area contributed by atoms with Crippen LogP contribution in [0.25, 0.3) is 0 Å². The van der Waals surface area contributed by atoms with Gasteiger partial charge in [0.05, 0.1) is 13.1 Å². The summed E-state index contributed by atoms with van der Waals surface area (Å²) in [4.78, 5) is 60.9. The molecule has 1 rings (SSSR count). The summed E-state index contributed by atoms with van der Waals surface area (Å²) in [6.07, 6.45) is 0. The first-order chi connectivity index (χ1) is 11.1. The number of esters is 1. The molecule has 130 valence electrons. The maximum atomic E-state index is 12.5. The highest BCUT2D eigenvalue weighted by molar-refractivity contribution is 6.14. The van der Waals surface area contributed by atoms with Crippen LogP contribution in [-0.2, 0) is 33.4 Å². The second-order valence-electron chi connectivity index (χ2n) is 4.65. The van der Waals surface area contributed by atoms with E-state index in [-0.39, 0.29) is 0 Å². The second-order valence-corrected chi connectivity index (χ2v) is 4.65. The number of amides is 4. The molecule has 0 aromatic carbocycles. The smallest absolute Gasteiger partial charge is 0.344 e. The maximum absolute atomic E-state index is 12.5. The molecule has 1 aliphatic heterocycles. The van der Waals surface area contributed by atoms with E-state index in [1.807, 2.05) is 5.73 Å². The van der Waals surface area contributed by atoms with Gasteiger partial charge in [0.1, 0.15) is 12.1 Å². The number of hydrogen-bond acceptors (Lipinski definition) is 8. The van der Waals surface area contributed by atoms with Crippen molar-refractivity contribution in [2.75, 3.05) is 20.8 Å². The lowest BCUT2D eigenvalue weighted by molar-refractivity contribution is -0.352. The van der Waals surface area contributed by atoms with Crippen LogP contribution in [0.5, 0.6) is 0 Å². The third kappa shape index (κ3) is 3.61. The topological polar surface area (TPSA) is 133 Å². The maximum Gasteiger partial charge on any atom is 0.344 e. The molecule has 0 radical (unpaired) electrons. The Morgan fingerprint density at radius 2 is 1.71 bits per heavy atom. The van der Waals surface area contributed by atoms with Crippen molar-refractivity contribution in [2.24, 2.45) is 0 Å². The summed E-state index contributed by atoms with van der Waals surface area (Å²) in [5.74, 6) is -5.84. The third-order valence-electron chi connectivity index (χ3n) is 3.14. The summed E-state index contributed by atoms with van der Waals surface area (Å²) < 4.78 is 8.81. The average molecular weight is 339 g/mol. The number of carbonyl (C=O) groups excluding carboxylic acids is 5. The molecule has 10 nitrogen and oxygen atoms in total. The molecule has 1 fully saturated rings. The lowest BCUT2D eigenvalue weighted by Gasteiger charge is -2.37. The Balaban J connectivity index is 3.64. The zero-order valence-corrected chi connectivity index (χ0v) is 13.4. The molecule has 24 heavy (non-hydrogen) atoms. The summed E-state index contributed by atoms with van der Waals surface area (Å²) in [7, 11) is 1.97. The Labute approximate surface area is 136 Å². The van der Waals surface area contributed by atoms with Gasteiger partial charge >= 0.3 is 5.97 Å². The molecule has 0 saturated carbocycles. The minimum absolute atomic E-state index is 0.476. The van der Waals surface area contributed by atoms with Gasteiger partial charge in [-0.2, -0.15) is 0 Å². The summed E-state index contributed by atoms with van der Waals surface area (Å²) in [6.45, 7) is 1.38. The number of hydrogen-bond donors (Lipinski definition) is 0. The molecule has 0 N–H and O–H groups in total. The number of piperazine rings is 1. The minimum Gasteiger partial charge on any atom is -0.611 e. The number of ether oxygens (including phenoxy) is 2. The van der Waals surface area contributed by atoms with Crippen LogP contribution in [0, 0.1) is 0 Å². The lowest BCUT2D eigenvalue weighted by atomic mass is 10.0. The van der Waals surface area contributed by atoms with Gasteiger partial charge < -0.3 is 14.6 Å². The molecule has 0 bridgehead atoms. The van der Waals surface area contributed by atoms with Gasteiger partial charge in [-0.3, -0.25) is 29.0 Å². The zero-order valence-electron chi connectivity index (χ0n) is 13.4. The number of carbonyl (C=O) groups is 5. The van der Waals surface area contributed by atoms with Gasteiger partial charge in [-0.25, -0.2) is 4.79 Å². The highest BCUT2D eigenvalue weighted by atomic mass is 16.6. The van der Waals surface area contributed by atoms with Crippen molar-refractivity contribution in [1.82, 2.24) is 9.80 Å². The summed E-state index contributed by atoms with van der Waals surface area (Å²) >= 11 is 0. The van der Waals surface area contributed by atoms with E-state index in [0.29, 0.717) is 9.80 Å². The standard InChI is InChI=1S/C14H16N2O8/c1-7(17)15-6-10(19)16(8(2)18)12(13(15)21)9(14(22)24-4)5-11(20)23-3/h12,20H,6H2,1-4H3/p-1. The molecule has 10 heteroatoms. The van der Waals surface area contributed by atoms with Crippen LogP contribution >= 0.6 is 0 Å². The highest BCUT2D eigenvalue weighted by Gasteiger charge is 2.47. The monoisotopic (exact) mass is 339 g/mol. The Bertz CT molecular complexity index is 674. The largest absolute Gasteiger partial charge is 0.611 e. The zero-order chi connectivity index (χ0) is 18.6. The molecular formula is C14H15N2O8-. The van der Waals surface area contributed by atoms with E-state index in [1.54, 1.807) is 0 Å². The number of imide groups is 2. The molecule has 1 unspecified atom stereocenters. The molecular weight excluding hydrogens is 324 g/mol. The molecule has 0 spiro atoms. The van der Waals surface area contributed by atoms with E-state index in [0.717, 1.165) is 28.1 Å². The molecule has 1 heterocycles. The molecule has 0 aromatic rings. The van der Waals surface area contributed by atoms with Crippen LogP contribution in [0.3, 0.4) is 0 Å². The van der Waals surface area contributed by atoms with Crippen molar-refractivity contribution >= 4 is 29.6 Å². The fraction of sp³-hybridized carbons (Fsp3) is 0.429. The molecule has 1 atom stereocenters. The van der Waals surface area contributed by atoms with Gasteiger partial charge in [-0.1, -0.05) is 5.73 Å². The molecule has 1 aliphatic rings. The van der Waals surface area contributed by atoms with E-state index < -0.39 is 53.7 Å². The van der Waals surface area contributed by atoms with Crippen molar-refractivity contribution in [1.29, 1.82) is 0 Å². The van der Waals surface area contributed by atoms with Crippen LogP contribution in [0.2, 0.25) is 0 Å². The molecule has 4 amide bonds. The Kier molecular flexibility index (Phi) is 5.85. The van der Waals surface area contributed by atoms with Gasteiger partial charge in [-0.15, -0.1) is 0 Å². The van der Waals surface area contributed by atoms with Gasteiger partial charge in [0.25, 0.3) is 5.91 Å². The van der Waals surface area contributed by atoms with E-state index in [9.17, 15) is 29.1 Å². The van der Waals surface area contributed by atoms with Crippen molar-refractivity contribution in [3.8, 4) is 0 Å². The van der Waals surface area contributed by atoms with Crippen LogP contribution in [0.1, 0.15) is 13.8 Å². The highest BCUT2D eigenvalue weighted by Crippen LogP contribution is 2.21. The summed E-state index contributed by atoms with van der Waals surface area (Å²) in [5.41, 5.74) is 1.24. The third-order valence-corrected chi connectivity index (χ3v) is 3.14. The van der Waals surface area contributed by atoms with Crippen LogP contribution in [-0.4, -0.2) is 66.2 Å². The van der Waals surface area contributed by atoms with Crippen LogP contribution in [0.4, 0.5) is 0 Å². The molecule has 0 aromatic heterocycles. The Morgan fingerprint density at radius 3 is 2.12 bits per heavy atom. The summed E-state index contributed by atoms with van der Waals surface area (Å²) in [6, 6.07) is -1.85. The quantitative estimate of drug-likeness (QED) is 0.242.